The number of likely N-dealkylation sites (N-methyl/N-ethyl adjacent to an activating group) is 1. The molecule has 1 aromatic heterocycles. The van der Waals surface area contributed by atoms with E-state index in [0.29, 0.717) is 12.4 Å². The van der Waals surface area contributed by atoms with E-state index in [4.69, 9.17) is 4.74 Å². The zero-order chi connectivity index (χ0) is 19.1. The summed E-state index contributed by atoms with van der Waals surface area (Å²) in [4.78, 5) is 14.6. The molecule has 0 aliphatic rings. The average molecular weight is 363 g/mol. The lowest BCUT2D eigenvalue weighted by molar-refractivity contribution is 0.305. The van der Waals surface area contributed by atoms with Gasteiger partial charge in [-0.2, -0.15) is 0 Å². The van der Waals surface area contributed by atoms with Crippen LogP contribution < -0.4 is 15.6 Å². The van der Waals surface area contributed by atoms with Gasteiger partial charge >= 0.3 is 0 Å². The van der Waals surface area contributed by atoms with Gasteiger partial charge in [0.25, 0.3) is 5.56 Å². The molecule has 5 nitrogen and oxygen atoms in total. The summed E-state index contributed by atoms with van der Waals surface area (Å²) in [6.07, 6.45) is 1.75. The molecule has 0 saturated heterocycles. The molecule has 5 heteroatoms. The van der Waals surface area contributed by atoms with Crippen molar-refractivity contribution in [3.05, 3.63) is 88.8 Å². The number of ether oxygens (including phenoxy) is 1. The Labute approximate surface area is 159 Å². The highest BCUT2D eigenvalue weighted by atomic mass is 16.5. The van der Waals surface area contributed by atoms with Crippen molar-refractivity contribution < 1.29 is 4.74 Å². The van der Waals surface area contributed by atoms with Gasteiger partial charge in [0, 0.05) is 36.7 Å². The van der Waals surface area contributed by atoms with E-state index in [0.717, 1.165) is 30.0 Å². The molecule has 3 rings (SSSR count). The second-order valence-corrected chi connectivity index (χ2v) is 6.62. The summed E-state index contributed by atoms with van der Waals surface area (Å²) < 4.78 is 7.33. The number of pyridine rings is 1. The molecule has 0 fully saturated rings. The van der Waals surface area contributed by atoms with Crippen LogP contribution in [0.1, 0.15) is 5.56 Å². The first-order valence-corrected chi connectivity index (χ1v) is 9.00. The monoisotopic (exact) mass is 363 g/mol. The third-order valence-corrected chi connectivity index (χ3v) is 4.17. The maximum atomic E-state index is 12.4. The largest absolute Gasteiger partial charge is 0.489 e. The summed E-state index contributed by atoms with van der Waals surface area (Å²) in [7, 11) is 4.09. The van der Waals surface area contributed by atoms with Crippen LogP contribution in [0.3, 0.4) is 0 Å². The van der Waals surface area contributed by atoms with Crippen LogP contribution in [0.4, 0.5) is 5.69 Å². The minimum atomic E-state index is -0.117. The van der Waals surface area contributed by atoms with Crippen molar-refractivity contribution in [2.45, 2.75) is 6.61 Å². The lowest BCUT2D eigenvalue weighted by atomic mass is 10.2. The van der Waals surface area contributed by atoms with Gasteiger partial charge in [-0.05, 0) is 50.0 Å². The zero-order valence-corrected chi connectivity index (χ0v) is 15.8. The predicted molar refractivity (Wildman–Crippen MR) is 110 cm³/mol. The van der Waals surface area contributed by atoms with Crippen molar-refractivity contribution in [2.24, 2.45) is 0 Å². The van der Waals surface area contributed by atoms with E-state index in [1.54, 1.807) is 10.8 Å². The summed E-state index contributed by atoms with van der Waals surface area (Å²) in [5.41, 5.74) is 2.82. The normalized spacial score (nSPS) is 10.8. The Bertz CT molecular complexity index is 903. The van der Waals surface area contributed by atoms with Crippen molar-refractivity contribution in [1.29, 1.82) is 0 Å². The summed E-state index contributed by atoms with van der Waals surface area (Å²) in [5.74, 6) is 0.571. The summed E-state index contributed by atoms with van der Waals surface area (Å²) in [6, 6.07) is 21.1. The Morgan fingerprint density at radius 1 is 1.00 bits per heavy atom. The molecule has 0 atom stereocenters. The third-order valence-electron chi connectivity index (χ3n) is 4.17. The SMILES string of the molecule is CN(C)CCNc1ccc(-n2ccc(OCc3ccccc3)cc2=O)cc1. The van der Waals surface area contributed by atoms with Crippen LogP contribution in [0.15, 0.2) is 77.7 Å². The molecule has 0 amide bonds. The molecule has 27 heavy (non-hydrogen) atoms. The number of rotatable bonds is 8. The van der Waals surface area contributed by atoms with Gasteiger partial charge in [0.1, 0.15) is 12.4 Å². The molecule has 0 spiro atoms. The molecular formula is C22H25N3O2. The molecule has 1 N–H and O–H groups in total. The van der Waals surface area contributed by atoms with Gasteiger partial charge in [0.15, 0.2) is 0 Å². The summed E-state index contributed by atoms with van der Waals surface area (Å²) >= 11 is 0. The van der Waals surface area contributed by atoms with E-state index >= 15 is 0 Å². The fraction of sp³-hybridized carbons (Fsp3) is 0.227. The number of aromatic nitrogens is 1. The van der Waals surface area contributed by atoms with Crippen LogP contribution in [0.2, 0.25) is 0 Å². The lowest BCUT2D eigenvalue weighted by Gasteiger charge is -2.12. The van der Waals surface area contributed by atoms with Gasteiger partial charge in [-0.25, -0.2) is 0 Å². The van der Waals surface area contributed by atoms with E-state index in [1.807, 2.05) is 74.8 Å². The Kier molecular flexibility index (Phi) is 6.28. The number of hydrogen-bond donors (Lipinski definition) is 1. The molecule has 0 aliphatic carbocycles. The van der Waals surface area contributed by atoms with Crippen molar-refractivity contribution in [1.82, 2.24) is 9.47 Å². The van der Waals surface area contributed by atoms with Crippen molar-refractivity contribution >= 4 is 5.69 Å². The van der Waals surface area contributed by atoms with Crippen LogP contribution in [0.5, 0.6) is 5.75 Å². The molecule has 140 valence electrons. The van der Waals surface area contributed by atoms with Crippen LogP contribution >= 0.6 is 0 Å². The Morgan fingerprint density at radius 2 is 1.74 bits per heavy atom. The van der Waals surface area contributed by atoms with Gasteiger partial charge in [-0.3, -0.25) is 9.36 Å². The molecule has 1 heterocycles. The van der Waals surface area contributed by atoms with E-state index < -0.39 is 0 Å². The maximum absolute atomic E-state index is 12.4. The maximum Gasteiger partial charge on any atom is 0.258 e. The average Bonchev–Trinajstić information content (AvgIpc) is 2.68. The Balaban J connectivity index is 1.64. The van der Waals surface area contributed by atoms with Gasteiger partial charge in [0.05, 0.1) is 0 Å². The highest BCUT2D eigenvalue weighted by Gasteiger charge is 2.03. The first-order valence-electron chi connectivity index (χ1n) is 9.00. The van der Waals surface area contributed by atoms with Gasteiger partial charge in [-0.1, -0.05) is 30.3 Å². The van der Waals surface area contributed by atoms with Gasteiger partial charge in [0.2, 0.25) is 0 Å². The fourth-order valence-electron chi connectivity index (χ4n) is 2.67. The van der Waals surface area contributed by atoms with E-state index in [9.17, 15) is 4.79 Å². The quantitative estimate of drug-likeness (QED) is 0.666. The second-order valence-electron chi connectivity index (χ2n) is 6.62. The minimum absolute atomic E-state index is 0.117. The molecule has 0 aliphatic heterocycles. The van der Waals surface area contributed by atoms with E-state index in [1.165, 1.54) is 6.07 Å². The molecule has 0 unspecified atom stereocenters. The third kappa shape index (κ3) is 5.46. The predicted octanol–water partition coefficient (Wildman–Crippen LogP) is 3.39. The standard InChI is InChI=1S/C22H25N3O2/c1-24(2)15-13-23-19-8-10-20(11-9-19)25-14-12-21(16-22(25)26)27-17-18-6-4-3-5-7-18/h3-12,14,16,23H,13,15,17H2,1-2H3. The summed E-state index contributed by atoms with van der Waals surface area (Å²) in [6.45, 7) is 2.28. The Hall–Kier alpha value is -3.05. The number of nitrogens with zero attached hydrogens (tertiary/aromatic N) is 2. The highest BCUT2D eigenvalue weighted by molar-refractivity contribution is 5.49. The smallest absolute Gasteiger partial charge is 0.258 e. The highest BCUT2D eigenvalue weighted by Crippen LogP contribution is 2.14. The fourth-order valence-corrected chi connectivity index (χ4v) is 2.67. The molecule has 0 radical (unpaired) electrons. The molecule has 3 aromatic rings. The van der Waals surface area contributed by atoms with Crippen LogP contribution in [0.25, 0.3) is 5.69 Å². The number of benzene rings is 2. The minimum Gasteiger partial charge on any atom is -0.489 e. The van der Waals surface area contributed by atoms with Gasteiger partial charge in [-0.15, -0.1) is 0 Å². The van der Waals surface area contributed by atoms with E-state index in [2.05, 4.69) is 10.2 Å². The number of hydrogen-bond acceptors (Lipinski definition) is 4. The van der Waals surface area contributed by atoms with Crippen molar-refractivity contribution in [3.63, 3.8) is 0 Å². The van der Waals surface area contributed by atoms with Crippen LogP contribution in [-0.2, 0) is 6.61 Å². The van der Waals surface area contributed by atoms with Crippen LogP contribution in [0, 0.1) is 0 Å². The molecule has 2 aromatic carbocycles. The van der Waals surface area contributed by atoms with Crippen LogP contribution in [-0.4, -0.2) is 36.7 Å². The lowest BCUT2D eigenvalue weighted by Crippen LogP contribution is -2.20. The van der Waals surface area contributed by atoms with Gasteiger partial charge < -0.3 is 15.0 Å². The van der Waals surface area contributed by atoms with Crippen molar-refractivity contribution in [3.8, 4) is 11.4 Å². The topological polar surface area (TPSA) is 46.5 Å². The first-order chi connectivity index (χ1) is 13.1. The zero-order valence-electron chi connectivity index (χ0n) is 15.8. The van der Waals surface area contributed by atoms with E-state index in [-0.39, 0.29) is 5.56 Å². The molecule has 0 bridgehead atoms. The Morgan fingerprint density at radius 3 is 2.41 bits per heavy atom. The molecule has 0 saturated carbocycles. The van der Waals surface area contributed by atoms with Crippen molar-refractivity contribution in [2.75, 3.05) is 32.5 Å². The first kappa shape index (κ1) is 18.7. The second kappa shape index (κ2) is 9.05. The number of nitrogens with one attached hydrogen (secondary N) is 1. The number of anilines is 1. The summed E-state index contributed by atoms with van der Waals surface area (Å²) in [5, 5.41) is 3.36. The molecular weight excluding hydrogens is 338 g/mol.